The van der Waals surface area contributed by atoms with E-state index in [9.17, 15) is 5.11 Å². The maximum Gasteiger partial charge on any atom is 0.0613 e. The molecule has 0 radical (unpaired) electrons. The lowest BCUT2D eigenvalue weighted by molar-refractivity contribution is 0.0369. The summed E-state index contributed by atoms with van der Waals surface area (Å²) in [5, 5.41) is 13.2. The van der Waals surface area contributed by atoms with Crippen molar-refractivity contribution in [3.63, 3.8) is 0 Å². The lowest BCUT2D eigenvalue weighted by Crippen LogP contribution is -2.57. The number of likely N-dealkylation sites (N-methyl/N-ethyl adjacent to an activating group) is 2. The van der Waals surface area contributed by atoms with Crippen molar-refractivity contribution in [2.45, 2.75) is 58.0 Å². The topological polar surface area (TPSA) is 38.7 Å². The molecule has 0 spiro atoms. The van der Waals surface area contributed by atoms with E-state index in [1.807, 2.05) is 0 Å². The molecule has 4 heteroatoms. The molecule has 120 valence electrons. The van der Waals surface area contributed by atoms with Crippen LogP contribution in [0.25, 0.3) is 0 Å². The average Bonchev–Trinajstić information content (AvgIpc) is 2.41. The lowest BCUT2D eigenvalue weighted by Gasteiger charge is -2.45. The van der Waals surface area contributed by atoms with Crippen molar-refractivity contribution in [2.75, 3.05) is 46.4 Å². The monoisotopic (exact) mass is 285 g/mol. The molecule has 1 atom stereocenters. The molecule has 1 unspecified atom stereocenters. The van der Waals surface area contributed by atoms with Crippen molar-refractivity contribution in [1.82, 2.24) is 15.1 Å². The first kappa shape index (κ1) is 17.9. The van der Waals surface area contributed by atoms with E-state index in [4.69, 9.17) is 0 Å². The Kier molecular flexibility index (Phi) is 6.92. The molecule has 1 fully saturated rings. The smallest absolute Gasteiger partial charge is 0.0613 e. The molecule has 1 saturated heterocycles. The Morgan fingerprint density at radius 2 is 1.95 bits per heavy atom. The minimum absolute atomic E-state index is 0.0726. The minimum atomic E-state index is -0.0726. The van der Waals surface area contributed by atoms with Gasteiger partial charge in [-0.15, -0.1) is 0 Å². The van der Waals surface area contributed by atoms with Crippen molar-refractivity contribution in [3.8, 4) is 0 Å². The molecule has 0 amide bonds. The van der Waals surface area contributed by atoms with Crippen LogP contribution in [0, 0.1) is 0 Å². The van der Waals surface area contributed by atoms with Gasteiger partial charge >= 0.3 is 0 Å². The van der Waals surface area contributed by atoms with Crippen LogP contribution in [-0.4, -0.2) is 72.4 Å². The van der Waals surface area contributed by atoms with Crippen LogP contribution < -0.4 is 5.32 Å². The van der Waals surface area contributed by atoms with Gasteiger partial charge in [0, 0.05) is 30.7 Å². The number of rotatable bonds is 8. The first-order valence-electron chi connectivity index (χ1n) is 8.18. The molecular formula is C16H35N3O. The summed E-state index contributed by atoms with van der Waals surface area (Å²) in [6.45, 7) is 14.7. The number of nitrogens with zero attached hydrogens (tertiary/aromatic N) is 2. The van der Waals surface area contributed by atoms with E-state index in [2.05, 4.69) is 49.9 Å². The van der Waals surface area contributed by atoms with Crippen molar-refractivity contribution in [1.29, 1.82) is 0 Å². The summed E-state index contributed by atoms with van der Waals surface area (Å²) in [7, 11) is 2.22. The highest BCUT2D eigenvalue weighted by Gasteiger charge is 2.31. The normalized spacial score (nSPS) is 23.7. The second-order valence-corrected chi connectivity index (χ2v) is 6.94. The van der Waals surface area contributed by atoms with Gasteiger partial charge < -0.3 is 15.3 Å². The van der Waals surface area contributed by atoms with Crippen molar-refractivity contribution in [2.24, 2.45) is 0 Å². The van der Waals surface area contributed by atoms with Gasteiger partial charge in [-0.2, -0.15) is 0 Å². The van der Waals surface area contributed by atoms with Crippen LogP contribution in [-0.2, 0) is 0 Å². The van der Waals surface area contributed by atoms with Crippen LogP contribution in [0.4, 0.5) is 0 Å². The SMILES string of the molecule is CCNC(CC)(CO)CCCN1CCN(C)C(C)(C)C1. The zero-order chi connectivity index (χ0) is 15.2. The molecule has 1 heterocycles. The largest absolute Gasteiger partial charge is 0.394 e. The lowest BCUT2D eigenvalue weighted by atomic mass is 9.90. The fourth-order valence-corrected chi connectivity index (χ4v) is 3.18. The third-order valence-corrected chi connectivity index (χ3v) is 5.06. The van der Waals surface area contributed by atoms with Crippen molar-refractivity contribution in [3.05, 3.63) is 0 Å². The Hall–Kier alpha value is -0.160. The zero-order valence-corrected chi connectivity index (χ0v) is 14.2. The molecular weight excluding hydrogens is 250 g/mol. The Morgan fingerprint density at radius 3 is 2.45 bits per heavy atom. The van der Waals surface area contributed by atoms with Crippen LogP contribution in [0.5, 0.6) is 0 Å². The summed E-state index contributed by atoms with van der Waals surface area (Å²) in [6, 6.07) is 0. The summed E-state index contributed by atoms with van der Waals surface area (Å²) >= 11 is 0. The molecule has 20 heavy (non-hydrogen) atoms. The van der Waals surface area contributed by atoms with E-state index in [1.165, 1.54) is 6.54 Å². The van der Waals surface area contributed by atoms with E-state index in [1.54, 1.807) is 0 Å². The van der Waals surface area contributed by atoms with Crippen LogP contribution in [0.3, 0.4) is 0 Å². The fourth-order valence-electron chi connectivity index (χ4n) is 3.18. The highest BCUT2D eigenvalue weighted by Crippen LogP contribution is 2.21. The zero-order valence-electron chi connectivity index (χ0n) is 14.2. The van der Waals surface area contributed by atoms with Gasteiger partial charge in [0.25, 0.3) is 0 Å². The Labute approximate surface area is 125 Å². The van der Waals surface area contributed by atoms with Gasteiger partial charge in [0.05, 0.1) is 6.61 Å². The van der Waals surface area contributed by atoms with Crippen LogP contribution >= 0.6 is 0 Å². The highest BCUT2D eigenvalue weighted by atomic mass is 16.3. The molecule has 0 aromatic carbocycles. The Morgan fingerprint density at radius 1 is 1.25 bits per heavy atom. The molecule has 0 aromatic heterocycles. The summed E-state index contributed by atoms with van der Waals surface area (Å²) < 4.78 is 0. The molecule has 1 aliphatic heterocycles. The molecule has 0 aromatic rings. The first-order valence-corrected chi connectivity index (χ1v) is 8.18. The quantitative estimate of drug-likeness (QED) is 0.710. The van der Waals surface area contributed by atoms with Gasteiger partial charge in [0.15, 0.2) is 0 Å². The third-order valence-electron chi connectivity index (χ3n) is 5.06. The van der Waals surface area contributed by atoms with E-state index < -0.39 is 0 Å². The van der Waals surface area contributed by atoms with Gasteiger partial charge in [0.1, 0.15) is 0 Å². The second-order valence-electron chi connectivity index (χ2n) is 6.94. The van der Waals surface area contributed by atoms with E-state index in [0.717, 1.165) is 45.4 Å². The summed E-state index contributed by atoms with van der Waals surface area (Å²) in [5.41, 5.74) is 0.204. The third kappa shape index (κ3) is 4.69. The predicted octanol–water partition coefficient (Wildman–Crippen LogP) is 1.54. The highest BCUT2D eigenvalue weighted by molar-refractivity contribution is 4.89. The standard InChI is InChI=1S/C16H35N3O/c1-6-16(14-20,17-7-2)9-8-10-19-12-11-18(5)15(3,4)13-19/h17,20H,6-14H2,1-5H3. The van der Waals surface area contributed by atoms with E-state index in [-0.39, 0.29) is 17.7 Å². The molecule has 0 bridgehead atoms. The van der Waals surface area contributed by atoms with Crippen LogP contribution in [0.2, 0.25) is 0 Å². The summed E-state index contributed by atoms with van der Waals surface area (Å²) in [4.78, 5) is 5.02. The number of nitrogens with one attached hydrogen (secondary N) is 1. The Bertz CT molecular complexity index is 277. The van der Waals surface area contributed by atoms with Crippen LogP contribution in [0.1, 0.15) is 47.0 Å². The van der Waals surface area contributed by atoms with Gasteiger partial charge in [-0.1, -0.05) is 13.8 Å². The molecule has 2 N–H and O–H groups in total. The van der Waals surface area contributed by atoms with Crippen molar-refractivity contribution >= 4 is 0 Å². The van der Waals surface area contributed by atoms with E-state index >= 15 is 0 Å². The fraction of sp³-hybridized carbons (Fsp3) is 1.00. The first-order chi connectivity index (χ1) is 9.39. The number of aliphatic hydroxyl groups excluding tert-OH is 1. The van der Waals surface area contributed by atoms with E-state index in [0.29, 0.717) is 0 Å². The number of piperazine rings is 1. The average molecular weight is 285 g/mol. The Balaban J connectivity index is 2.40. The van der Waals surface area contributed by atoms with Gasteiger partial charge in [-0.3, -0.25) is 4.90 Å². The summed E-state index contributed by atoms with van der Waals surface area (Å²) in [6.07, 6.45) is 3.20. The molecule has 1 rings (SSSR count). The molecule has 0 aliphatic carbocycles. The van der Waals surface area contributed by atoms with Crippen LogP contribution in [0.15, 0.2) is 0 Å². The number of aliphatic hydroxyl groups is 1. The second kappa shape index (κ2) is 7.74. The molecule has 1 aliphatic rings. The van der Waals surface area contributed by atoms with Crippen molar-refractivity contribution < 1.29 is 5.11 Å². The molecule has 0 saturated carbocycles. The van der Waals surface area contributed by atoms with Gasteiger partial charge in [0.2, 0.25) is 0 Å². The van der Waals surface area contributed by atoms with Gasteiger partial charge in [-0.05, 0) is 53.2 Å². The maximum absolute atomic E-state index is 9.68. The van der Waals surface area contributed by atoms with Gasteiger partial charge in [-0.25, -0.2) is 0 Å². The number of hydrogen-bond acceptors (Lipinski definition) is 4. The summed E-state index contributed by atoms with van der Waals surface area (Å²) in [5.74, 6) is 0. The number of hydrogen-bond donors (Lipinski definition) is 2. The molecule has 4 nitrogen and oxygen atoms in total. The maximum atomic E-state index is 9.68. The minimum Gasteiger partial charge on any atom is -0.394 e. The predicted molar refractivity (Wildman–Crippen MR) is 86.2 cm³/mol.